The van der Waals surface area contributed by atoms with Gasteiger partial charge in [-0.3, -0.25) is 4.79 Å². The van der Waals surface area contributed by atoms with Crippen molar-refractivity contribution in [3.8, 4) is 0 Å². The van der Waals surface area contributed by atoms with Crippen LogP contribution < -0.4 is 10.9 Å². The van der Waals surface area contributed by atoms with Crippen LogP contribution in [-0.2, 0) is 17.8 Å². The molecule has 0 aliphatic heterocycles. The van der Waals surface area contributed by atoms with E-state index in [1.54, 1.807) is 24.6 Å². The summed E-state index contributed by atoms with van der Waals surface area (Å²) in [6.45, 7) is 3.40. The molecular weight excluding hydrogens is 344 g/mol. The van der Waals surface area contributed by atoms with Gasteiger partial charge in [-0.1, -0.05) is 0 Å². The average molecular weight is 359 g/mol. The van der Waals surface area contributed by atoms with Crippen molar-refractivity contribution in [3.05, 3.63) is 37.1 Å². The molecule has 2 aromatic rings. The summed E-state index contributed by atoms with van der Waals surface area (Å²) >= 11 is 4.89. The molecule has 0 unspecified atom stereocenters. The maximum atomic E-state index is 12.1. The van der Waals surface area contributed by atoms with Crippen molar-refractivity contribution in [3.63, 3.8) is 0 Å². The van der Waals surface area contributed by atoms with Gasteiger partial charge in [0.25, 0.3) is 5.56 Å². The minimum absolute atomic E-state index is 0.178. The maximum Gasteiger partial charge on any atom is 0.283 e. The Hall–Kier alpha value is -1.25. The molecule has 2 rings (SSSR count). The SMILES string of the molecule is COCCn1ncc(NCc2nc(C)cs2)c(Br)c1=O. The number of aryl methyl sites for hydroxylation is 1. The Balaban J connectivity index is 2.09. The first kappa shape index (κ1) is 15.1. The molecular formula is C12H15BrN4O2S. The molecule has 0 fully saturated rings. The number of aromatic nitrogens is 3. The molecule has 0 spiro atoms. The molecule has 1 N–H and O–H groups in total. The zero-order valence-electron chi connectivity index (χ0n) is 11.2. The Morgan fingerprint density at radius 3 is 3.00 bits per heavy atom. The van der Waals surface area contributed by atoms with E-state index in [-0.39, 0.29) is 5.56 Å². The Morgan fingerprint density at radius 1 is 1.55 bits per heavy atom. The standard InChI is InChI=1S/C12H15BrN4O2S/c1-8-7-20-10(16-8)6-14-9-5-15-17(3-4-19-2)12(18)11(9)13/h5,7,14H,3-4,6H2,1-2H3. The van der Waals surface area contributed by atoms with E-state index in [9.17, 15) is 4.79 Å². The third kappa shape index (κ3) is 3.65. The molecule has 2 heterocycles. The number of rotatable bonds is 6. The molecule has 6 nitrogen and oxygen atoms in total. The fraction of sp³-hybridized carbons (Fsp3) is 0.417. The number of hydrogen-bond donors (Lipinski definition) is 1. The number of ether oxygens (including phenoxy) is 1. The molecule has 2 aromatic heterocycles. The summed E-state index contributed by atoms with van der Waals surface area (Å²) in [5, 5.41) is 10.2. The van der Waals surface area contributed by atoms with Gasteiger partial charge in [-0.25, -0.2) is 9.67 Å². The highest BCUT2D eigenvalue weighted by Crippen LogP contribution is 2.18. The second-order valence-electron chi connectivity index (χ2n) is 4.13. The van der Waals surface area contributed by atoms with Gasteiger partial charge in [-0.2, -0.15) is 5.10 Å². The molecule has 0 aliphatic rings. The van der Waals surface area contributed by atoms with E-state index < -0.39 is 0 Å². The van der Waals surface area contributed by atoms with Gasteiger partial charge in [-0.15, -0.1) is 11.3 Å². The van der Waals surface area contributed by atoms with E-state index in [0.29, 0.717) is 29.9 Å². The average Bonchev–Trinajstić information content (AvgIpc) is 2.85. The van der Waals surface area contributed by atoms with E-state index >= 15 is 0 Å². The van der Waals surface area contributed by atoms with Crippen LogP contribution in [-0.4, -0.2) is 28.5 Å². The molecule has 0 saturated heterocycles. The van der Waals surface area contributed by atoms with Gasteiger partial charge < -0.3 is 10.1 Å². The van der Waals surface area contributed by atoms with Crippen LogP contribution in [0.3, 0.4) is 0 Å². The van der Waals surface area contributed by atoms with Gasteiger partial charge in [0, 0.05) is 18.2 Å². The van der Waals surface area contributed by atoms with Crippen molar-refractivity contribution in [2.75, 3.05) is 19.0 Å². The summed E-state index contributed by atoms with van der Waals surface area (Å²) in [6, 6.07) is 0. The number of halogens is 1. The molecule has 0 aromatic carbocycles. The first-order chi connectivity index (χ1) is 9.61. The van der Waals surface area contributed by atoms with Gasteiger partial charge in [0.05, 0.1) is 31.6 Å². The number of anilines is 1. The van der Waals surface area contributed by atoms with Gasteiger partial charge in [0.1, 0.15) is 9.48 Å². The smallest absolute Gasteiger partial charge is 0.283 e. The molecule has 0 amide bonds. The number of hydrogen-bond acceptors (Lipinski definition) is 6. The van der Waals surface area contributed by atoms with Gasteiger partial charge in [0.2, 0.25) is 0 Å². The van der Waals surface area contributed by atoms with Crippen LogP contribution in [0.15, 0.2) is 20.8 Å². The summed E-state index contributed by atoms with van der Waals surface area (Å²) in [4.78, 5) is 16.4. The van der Waals surface area contributed by atoms with Gasteiger partial charge in [0.15, 0.2) is 0 Å². The molecule has 0 radical (unpaired) electrons. The first-order valence-corrected chi connectivity index (χ1v) is 7.68. The van der Waals surface area contributed by atoms with E-state index in [2.05, 4.69) is 31.3 Å². The summed E-state index contributed by atoms with van der Waals surface area (Å²) in [6.07, 6.45) is 1.63. The molecule has 0 bridgehead atoms. The van der Waals surface area contributed by atoms with Crippen LogP contribution in [0.2, 0.25) is 0 Å². The second-order valence-corrected chi connectivity index (χ2v) is 5.87. The Kier molecular flexibility index (Phi) is 5.27. The number of thiazole rings is 1. The van der Waals surface area contributed by atoms with Crippen molar-refractivity contribution in [2.45, 2.75) is 20.0 Å². The fourth-order valence-electron chi connectivity index (χ4n) is 1.58. The molecule has 8 heteroatoms. The van der Waals surface area contributed by atoms with Gasteiger partial charge >= 0.3 is 0 Å². The van der Waals surface area contributed by atoms with Gasteiger partial charge in [-0.05, 0) is 22.9 Å². The zero-order valence-corrected chi connectivity index (χ0v) is 13.6. The fourth-order valence-corrected chi connectivity index (χ4v) is 2.74. The highest BCUT2D eigenvalue weighted by molar-refractivity contribution is 9.10. The normalized spacial score (nSPS) is 10.8. The summed E-state index contributed by atoms with van der Waals surface area (Å²) in [5.74, 6) is 0. The van der Waals surface area contributed by atoms with E-state index in [1.807, 2.05) is 12.3 Å². The predicted octanol–water partition coefficient (Wildman–Crippen LogP) is 2.03. The largest absolute Gasteiger partial charge is 0.383 e. The second kappa shape index (κ2) is 6.96. The predicted molar refractivity (Wildman–Crippen MR) is 82.3 cm³/mol. The lowest BCUT2D eigenvalue weighted by Gasteiger charge is -2.09. The number of nitrogens with one attached hydrogen (secondary N) is 1. The number of methoxy groups -OCH3 is 1. The Bertz CT molecular complexity index is 641. The highest BCUT2D eigenvalue weighted by atomic mass is 79.9. The van der Waals surface area contributed by atoms with Crippen LogP contribution in [0.1, 0.15) is 10.7 Å². The molecule has 20 heavy (non-hydrogen) atoms. The summed E-state index contributed by atoms with van der Waals surface area (Å²) in [7, 11) is 1.59. The highest BCUT2D eigenvalue weighted by Gasteiger charge is 2.09. The van der Waals surface area contributed by atoms with E-state index in [1.165, 1.54) is 4.68 Å². The minimum atomic E-state index is -0.178. The van der Waals surface area contributed by atoms with Crippen molar-refractivity contribution < 1.29 is 4.74 Å². The van der Waals surface area contributed by atoms with Crippen molar-refractivity contribution in [2.24, 2.45) is 0 Å². The third-order valence-electron chi connectivity index (χ3n) is 2.59. The Morgan fingerprint density at radius 2 is 2.35 bits per heavy atom. The van der Waals surface area contributed by atoms with E-state index in [0.717, 1.165) is 10.7 Å². The summed E-state index contributed by atoms with van der Waals surface area (Å²) < 4.78 is 6.78. The van der Waals surface area contributed by atoms with Crippen molar-refractivity contribution >= 4 is 33.0 Å². The first-order valence-electron chi connectivity index (χ1n) is 6.01. The van der Waals surface area contributed by atoms with Crippen LogP contribution in [0.4, 0.5) is 5.69 Å². The lowest BCUT2D eigenvalue weighted by Crippen LogP contribution is -2.26. The maximum absolute atomic E-state index is 12.1. The zero-order chi connectivity index (χ0) is 14.5. The van der Waals surface area contributed by atoms with Crippen LogP contribution in [0.5, 0.6) is 0 Å². The molecule has 108 valence electrons. The molecule has 0 aliphatic carbocycles. The molecule has 0 atom stereocenters. The van der Waals surface area contributed by atoms with E-state index in [4.69, 9.17) is 4.74 Å². The van der Waals surface area contributed by atoms with Crippen molar-refractivity contribution in [1.82, 2.24) is 14.8 Å². The number of nitrogens with zero attached hydrogens (tertiary/aromatic N) is 3. The lowest BCUT2D eigenvalue weighted by molar-refractivity contribution is 0.181. The van der Waals surface area contributed by atoms with Crippen molar-refractivity contribution in [1.29, 1.82) is 0 Å². The third-order valence-corrected chi connectivity index (χ3v) is 4.32. The quantitative estimate of drug-likeness (QED) is 0.855. The summed E-state index contributed by atoms with van der Waals surface area (Å²) in [5.41, 5.74) is 1.48. The van der Waals surface area contributed by atoms with Crippen LogP contribution in [0.25, 0.3) is 0 Å². The topological polar surface area (TPSA) is 69.0 Å². The lowest BCUT2D eigenvalue weighted by atomic mass is 10.4. The monoisotopic (exact) mass is 358 g/mol. The molecule has 0 saturated carbocycles. The van der Waals surface area contributed by atoms with Crippen LogP contribution in [0, 0.1) is 6.92 Å². The van der Waals surface area contributed by atoms with Crippen LogP contribution >= 0.6 is 27.3 Å². The minimum Gasteiger partial charge on any atom is -0.383 e. The Labute approximate surface area is 128 Å².